The van der Waals surface area contributed by atoms with Gasteiger partial charge in [0.2, 0.25) is 0 Å². The summed E-state index contributed by atoms with van der Waals surface area (Å²) in [5.74, 6) is 0.609. The average Bonchev–Trinajstić information content (AvgIpc) is 2.27. The Kier molecular flexibility index (Phi) is 7.62. The summed E-state index contributed by atoms with van der Waals surface area (Å²) in [6.07, 6.45) is 0. The number of likely N-dealkylation sites (N-methyl/N-ethyl adjacent to an activating group) is 1. The maximum atomic E-state index is 12.4. The summed E-state index contributed by atoms with van der Waals surface area (Å²) in [5, 5.41) is 0. The molecule has 0 amide bonds. The summed E-state index contributed by atoms with van der Waals surface area (Å²) < 4.78 is 42.2. The van der Waals surface area contributed by atoms with E-state index in [4.69, 9.17) is 4.74 Å². The fourth-order valence-corrected chi connectivity index (χ4v) is 1.35. The van der Waals surface area contributed by atoms with Gasteiger partial charge in [-0.3, -0.25) is 0 Å². The molecular weight excluding hydrogens is 269 g/mol. The predicted octanol–water partition coefficient (Wildman–Crippen LogP) is 0.0782. The number of rotatable bonds is 5. The molecule has 1 aromatic carbocycles. The maximum absolute atomic E-state index is 12.4. The summed E-state index contributed by atoms with van der Waals surface area (Å²) in [7, 11) is 3.10. The minimum atomic E-state index is -4.98. The zero-order valence-electron chi connectivity index (χ0n) is 10.8. The van der Waals surface area contributed by atoms with Crippen molar-refractivity contribution in [3.8, 4) is 5.75 Å². The van der Waals surface area contributed by atoms with E-state index in [9.17, 15) is 12.9 Å². The molecule has 0 saturated carbocycles. The van der Waals surface area contributed by atoms with E-state index in [1.165, 1.54) is 12.0 Å². The number of halogens is 3. The fourth-order valence-electron chi connectivity index (χ4n) is 1.35. The van der Waals surface area contributed by atoms with E-state index in [0.717, 1.165) is 0 Å². The zero-order chi connectivity index (χ0) is 13.1. The van der Waals surface area contributed by atoms with Gasteiger partial charge in [0.15, 0.2) is 0 Å². The van der Waals surface area contributed by atoms with Crippen LogP contribution in [0.4, 0.5) is 18.6 Å². The van der Waals surface area contributed by atoms with Gasteiger partial charge in [-0.1, -0.05) is 6.07 Å². The van der Waals surface area contributed by atoms with Gasteiger partial charge in [-0.25, -0.2) is 0 Å². The van der Waals surface area contributed by atoms with Gasteiger partial charge in [-0.05, 0) is 12.1 Å². The van der Waals surface area contributed by atoms with Crippen molar-refractivity contribution in [2.75, 3.05) is 25.6 Å². The normalized spacial score (nSPS) is 10.5. The first-order valence-electron chi connectivity index (χ1n) is 5.07. The van der Waals surface area contributed by atoms with Crippen molar-refractivity contribution >= 4 is 12.7 Å². The Bertz CT molecular complexity index is 412. The molecule has 0 aliphatic rings. The fraction of sp³-hybridized carbons (Fsp3) is 0.273. The Morgan fingerprint density at radius 3 is 2.50 bits per heavy atom. The first-order valence-corrected chi connectivity index (χ1v) is 5.07. The Hall–Kier alpha value is 0.0513. The SMILES string of the molecule is C=C(CN(C)c1cccc(OC)c1)[B-](F)(F)F.[K+]. The quantitative estimate of drug-likeness (QED) is 0.710. The molecule has 1 rings (SSSR count). The molecule has 0 N–H and O–H groups in total. The van der Waals surface area contributed by atoms with Gasteiger partial charge in [-0.15, -0.1) is 12.1 Å². The summed E-state index contributed by atoms with van der Waals surface area (Å²) in [6, 6.07) is 6.86. The molecule has 0 aliphatic heterocycles. The van der Waals surface area contributed by atoms with Crippen LogP contribution in [-0.4, -0.2) is 27.7 Å². The second-order valence-corrected chi connectivity index (χ2v) is 3.79. The van der Waals surface area contributed by atoms with Crippen LogP contribution < -0.4 is 61.0 Å². The first-order chi connectivity index (χ1) is 7.84. The van der Waals surface area contributed by atoms with Crippen LogP contribution in [0, 0.1) is 0 Å². The van der Waals surface area contributed by atoms with Gasteiger partial charge in [-0.2, -0.15) is 0 Å². The molecule has 94 valence electrons. The third kappa shape index (κ3) is 5.36. The number of hydrogen-bond acceptors (Lipinski definition) is 2. The number of methoxy groups -OCH3 is 1. The first kappa shape index (κ1) is 18.1. The molecule has 0 bridgehead atoms. The van der Waals surface area contributed by atoms with Crippen LogP contribution in [0.15, 0.2) is 36.3 Å². The zero-order valence-corrected chi connectivity index (χ0v) is 13.9. The Morgan fingerprint density at radius 2 is 2.00 bits per heavy atom. The van der Waals surface area contributed by atoms with Crippen molar-refractivity contribution in [1.29, 1.82) is 0 Å². The third-order valence-corrected chi connectivity index (χ3v) is 2.40. The standard InChI is InChI=1S/C11H14BF3NO.K/c1-9(12(13,14)15)8-16(2)10-5-4-6-11(7-10)17-3;/h4-7H,1,8H2,2-3H3;/q-1;+1. The molecule has 0 heterocycles. The van der Waals surface area contributed by atoms with Crippen LogP contribution in [0.5, 0.6) is 5.75 Å². The molecule has 7 heteroatoms. The number of nitrogens with zero attached hydrogens (tertiary/aromatic N) is 1. The molecule has 2 nitrogen and oxygen atoms in total. The van der Waals surface area contributed by atoms with Crippen molar-refractivity contribution in [1.82, 2.24) is 0 Å². The van der Waals surface area contributed by atoms with Crippen LogP contribution in [-0.2, 0) is 0 Å². The summed E-state index contributed by atoms with van der Waals surface area (Å²) in [5.41, 5.74) is -0.0548. The average molecular weight is 283 g/mol. The van der Waals surface area contributed by atoms with Crippen LogP contribution in [0.2, 0.25) is 0 Å². The molecule has 0 radical (unpaired) electrons. The Labute approximate surface area is 148 Å². The van der Waals surface area contributed by atoms with Gasteiger partial charge in [0.05, 0.1) is 7.11 Å². The van der Waals surface area contributed by atoms with E-state index in [-0.39, 0.29) is 57.9 Å². The Morgan fingerprint density at radius 1 is 1.39 bits per heavy atom. The van der Waals surface area contributed by atoms with E-state index in [1.54, 1.807) is 31.3 Å². The van der Waals surface area contributed by atoms with Crippen molar-refractivity contribution < 1.29 is 69.1 Å². The van der Waals surface area contributed by atoms with Gasteiger partial charge >= 0.3 is 58.4 Å². The second kappa shape index (κ2) is 7.59. The summed E-state index contributed by atoms with van der Waals surface area (Å²) in [6.45, 7) is -2.16. The molecule has 0 spiro atoms. The predicted molar refractivity (Wildman–Crippen MR) is 64.5 cm³/mol. The van der Waals surface area contributed by atoms with Gasteiger partial charge in [0, 0.05) is 25.3 Å². The van der Waals surface area contributed by atoms with Crippen molar-refractivity contribution in [3.05, 3.63) is 36.3 Å². The molecule has 0 fully saturated rings. The molecule has 0 aliphatic carbocycles. The molecule has 18 heavy (non-hydrogen) atoms. The van der Waals surface area contributed by atoms with Crippen LogP contribution in [0.3, 0.4) is 0 Å². The number of ether oxygens (including phenoxy) is 1. The van der Waals surface area contributed by atoms with E-state index in [0.29, 0.717) is 11.4 Å². The number of benzene rings is 1. The Balaban J connectivity index is 0.00000289. The van der Waals surface area contributed by atoms with Crippen molar-refractivity contribution in [2.45, 2.75) is 0 Å². The van der Waals surface area contributed by atoms with E-state index >= 15 is 0 Å². The molecule has 0 aromatic heterocycles. The number of hydrogen-bond donors (Lipinski definition) is 0. The smallest absolute Gasteiger partial charge is 0.497 e. The summed E-state index contributed by atoms with van der Waals surface area (Å²) >= 11 is 0. The van der Waals surface area contributed by atoms with Crippen molar-refractivity contribution in [3.63, 3.8) is 0 Å². The monoisotopic (exact) mass is 283 g/mol. The second-order valence-electron chi connectivity index (χ2n) is 3.79. The summed E-state index contributed by atoms with van der Waals surface area (Å²) in [4.78, 5) is 1.49. The molecular formula is C11H14BF3KNO. The molecule has 0 unspecified atom stereocenters. The minimum absolute atomic E-state index is 0. The molecule has 1 aromatic rings. The van der Waals surface area contributed by atoms with E-state index in [2.05, 4.69) is 6.58 Å². The molecule has 0 atom stereocenters. The van der Waals surface area contributed by atoms with Gasteiger partial charge < -0.3 is 22.6 Å². The van der Waals surface area contributed by atoms with Crippen LogP contribution in [0.1, 0.15) is 0 Å². The maximum Gasteiger partial charge on any atom is 1.00 e. The number of anilines is 1. The molecule has 0 saturated heterocycles. The third-order valence-electron chi connectivity index (χ3n) is 2.40. The van der Waals surface area contributed by atoms with Crippen LogP contribution in [0.25, 0.3) is 0 Å². The van der Waals surface area contributed by atoms with Crippen LogP contribution >= 0.6 is 0 Å². The van der Waals surface area contributed by atoms with Gasteiger partial charge in [0.1, 0.15) is 5.75 Å². The van der Waals surface area contributed by atoms with E-state index in [1.807, 2.05) is 0 Å². The van der Waals surface area contributed by atoms with E-state index < -0.39 is 12.4 Å². The van der Waals surface area contributed by atoms with Gasteiger partial charge in [0.25, 0.3) is 0 Å². The minimum Gasteiger partial charge on any atom is -0.497 e. The topological polar surface area (TPSA) is 12.5 Å². The van der Waals surface area contributed by atoms with Crippen molar-refractivity contribution in [2.24, 2.45) is 0 Å². The largest absolute Gasteiger partial charge is 1.00 e.